The molecule has 0 fully saturated rings. The van der Waals surface area contributed by atoms with Crippen molar-refractivity contribution in [1.82, 2.24) is 44.2 Å². The van der Waals surface area contributed by atoms with Crippen LogP contribution in [0.4, 0.5) is 0 Å². The number of hydrogen-bond acceptors (Lipinski definition) is 7. The highest BCUT2D eigenvalue weighted by Crippen LogP contribution is 2.29. The van der Waals surface area contributed by atoms with Gasteiger partial charge < -0.3 is 9.47 Å². The Balaban J connectivity index is 1.46. The summed E-state index contributed by atoms with van der Waals surface area (Å²) in [5, 5.41) is 13.3. The fourth-order valence-corrected chi connectivity index (χ4v) is 3.54. The van der Waals surface area contributed by atoms with E-state index in [4.69, 9.17) is 11.6 Å². The molecule has 0 saturated carbocycles. The number of fused-ring (bicyclic) bond motifs is 2. The van der Waals surface area contributed by atoms with Gasteiger partial charge in [0, 0.05) is 37.7 Å². The van der Waals surface area contributed by atoms with Crippen molar-refractivity contribution in [1.29, 1.82) is 0 Å². The topological polar surface area (TPSA) is 107 Å². The van der Waals surface area contributed by atoms with Crippen LogP contribution in [0.5, 0.6) is 0 Å². The molecule has 4 aromatic rings. The standard InChI is InChI=1S/C17H14ClN9O/c1-10-15-22-23-16(11-5-19-9-20-6-11)26(15)3-2-25(10)17(28)13-4-14-21-7-12(18)8-27(14)24-13/h4-10H,2-3H2,1H3. The normalized spacial score (nSPS) is 16.4. The third kappa shape index (κ3) is 2.61. The van der Waals surface area contributed by atoms with Gasteiger partial charge in [-0.2, -0.15) is 5.10 Å². The van der Waals surface area contributed by atoms with Crippen LogP contribution in [0.3, 0.4) is 0 Å². The fourth-order valence-electron chi connectivity index (χ4n) is 3.40. The molecule has 0 N–H and O–H groups in total. The molecule has 1 amide bonds. The zero-order valence-corrected chi connectivity index (χ0v) is 15.5. The minimum atomic E-state index is -0.256. The molecular weight excluding hydrogens is 382 g/mol. The maximum absolute atomic E-state index is 13.1. The number of carbonyl (C=O) groups is 1. The second-order valence-corrected chi connectivity index (χ2v) is 6.88. The maximum Gasteiger partial charge on any atom is 0.275 e. The molecule has 140 valence electrons. The van der Waals surface area contributed by atoms with E-state index in [1.807, 2.05) is 11.5 Å². The van der Waals surface area contributed by atoms with Crippen LogP contribution in [0.15, 0.2) is 37.2 Å². The molecular formula is C17H14ClN9O. The van der Waals surface area contributed by atoms with Crippen LogP contribution in [0, 0.1) is 0 Å². The number of amides is 1. The van der Waals surface area contributed by atoms with Gasteiger partial charge in [-0.15, -0.1) is 10.2 Å². The summed E-state index contributed by atoms with van der Waals surface area (Å²) in [4.78, 5) is 27.0. The summed E-state index contributed by atoms with van der Waals surface area (Å²) < 4.78 is 3.50. The van der Waals surface area contributed by atoms with Crippen LogP contribution in [0.2, 0.25) is 5.02 Å². The van der Waals surface area contributed by atoms with Crippen molar-refractivity contribution in [2.24, 2.45) is 0 Å². The quantitative estimate of drug-likeness (QED) is 0.507. The lowest BCUT2D eigenvalue weighted by molar-refractivity contribution is 0.0632. The third-order valence-corrected chi connectivity index (χ3v) is 4.96. The summed E-state index contributed by atoms with van der Waals surface area (Å²) >= 11 is 5.94. The number of rotatable bonds is 2. The maximum atomic E-state index is 13.1. The Bertz CT molecular complexity index is 1190. The van der Waals surface area contributed by atoms with E-state index in [-0.39, 0.29) is 11.9 Å². The molecule has 1 aliphatic rings. The highest BCUT2D eigenvalue weighted by Gasteiger charge is 2.33. The Kier molecular flexibility index (Phi) is 3.79. The smallest absolute Gasteiger partial charge is 0.275 e. The molecule has 1 aliphatic heterocycles. The Morgan fingerprint density at radius 3 is 2.82 bits per heavy atom. The Hall–Kier alpha value is -3.40. The Morgan fingerprint density at radius 1 is 1.18 bits per heavy atom. The van der Waals surface area contributed by atoms with Crippen molar-refractivity contribution in [3.63, 3.8) is 0 Å². The third-order valence-electron chi connectivity index (χ3n) is 4.77. The molecule has 0 saturated heterocycles. The van der Waals surface area contributed by atoms with Gasteiger partial charge in [-0.3, -0.25) is 4.79 Å². The van der Waals surface area contributed by atoms with Crippen molar-refractivity contribution in [3.05, 3.63) is 53.7 Å². The zero-order valence-electron chi connectivity index (χ0n) is 14.8. The second kappa shape index (κ2) is 6.34. The average Bonchev–Trinajstić information content (AvgIpc) is 3.32. The average molecular weight is 396 g/mol. The van der Waals surface area contributed by atoms with E-state index in [0.717, 1.165) is 5.56 Å². The number of hydrogen-bond donors (Lipinski definition) is 0. The van der Waals surface area contributed by atoms with Crippen molar-refractivity contribution >= 4 is 23.2 Å². The van der Waals surface area contributed by atoms with Gasteiger partial charge in [0.25, 0.3) is 5.91 Å². The van der Waals surface area contributed by atoms with Gasteiger partial charge in [-0.25, -0.2) is 19.5 Å². The van der Waals surface area contributed by atoms with Gasteiger partial charge in [0.15, 0.2) is 23.0 Å². The molecule has 11 heteroatoms. The highest BCUT2D eigenvalue weighted by molar-refractivity contribution is 6.30. The van der Waals surface area contributed by atoms with E-state index >= 15 is 0 Å². The van der Waals surface area contributed by atoms with Crippen LogP contribution < -0.4 is 0 Å². The monoisotopic (exact) mass is 395 g/mol. The van der Waals surface area contributed by atoms with Gasteiger partial charge in [-0.05, 0) is 6.92 Å². The van der Waals surface area contributed by atoms with Crippen LogP contribution >= 0.6 is 11.6 Å². The molecule has 0 bridgehead atoms. The summed E-state index contributed by atoms with van der Waals surface area (Å²) in [5.41, 5.74) is 1.66. The fraction of sp³-hybridized carbons (Fsp3) is 0.235. The molecule has 0 aliphatic carbocycles. The highest BCUT2D eigenvalue weighted by atomic mass is 35.5. The van der Waals surface area contributed by atoms with E-state index in [0.29, 0.717) is 41.1 Å². The van der Waals surface area contributed by atoms with E-state index in [1.54, 1.807) is 29.6 Å². The summed E-state index contributed by atoms with van der Waals surface area (Å²) in [6.45, 7) is 3.00. The van der Waals surface area contributed by atoms with Crippen molar-refractivity contribution < 1.29 is 4.79 Å². The molecule has 4 aromatic heterocycles. The SMILES string of the molecule is CC1c2nnc(-c3cncnc3)n2CCN1C(=O)c1cc2ncc(Cl)cn2n1. The van der Waals surface area contributed by atoms with Crippen LogP contribution in [-0.2, 0) is 6.54 Å². The molecule has 0 spiro atoms. The van der Waals surface area contributed by atoms with Gasteiger partial charge in [0.1, 0.15) is 6.33 Å². The van der Waals surface area contributed by atoms with Gasteiger partial charge in [0.2, 0.25) is 0 Å². The first-order valence-electron chi connectivity index (χ1n) is 8.62. The predicted molar refractivity (Wildman–Crippen MR) is 98.5 cm³/mol. The first kappa shape index (κ1) is 16.8. The largest absolute Gasteiger partial charge is 0.325 e. The number of carbonyl (C=O) groups excluding carboxylic acids is 1. The minimum Gasteiger partial charge on any atom is -0.325 e. The van der Waals surface area contributed by atoms with Gasteiger partial charge >= 0.3 is 0 Å². The van der Waals surface area contributed by atoms with E-state index in [1.165, 1.54) is 17.0 Å². The number of aromatic nitrogens is 8. The van der Waals surface area contributed by atoms with Crippen molar-refractivity contribution in [3.8, 4) is 11.4 Å². The lowest BCUT2D eigenvalue weighted by Gasteiger charge is -2.33. The summed E-state index contributed by atoms with van der Waals surface area (Å²) in [7, 11) is 0. The summed E-state index contributed by atoms with van der Waals surface area (Å²) in [5.74, 6) is 1.22. The molecule has 5 heterocycles. The molecule has 1 unspecified atom stereocenters. The molecule has 5 rings (SSSR count). The van der Waals surface area contributed by atoms with Gasteiger partial charge in [0.05, 0.1) is 22.8 Å². The van der Waals surface area contributed by atoms with Gasteiger partial charge in [-0.1, -0.05) is 11.6 Å². The van der Waals surface area contributed by atoms with Crippen molar-refractivity contribution in [2.75, 3.05) is 6.54 Å². The number of halogens is 1. The van der Waals surface area contributed by atoms with E-state index < -0.39 is 0 Å². The zero-order chi connectivity index (χ0) is 19.3. The molecule has 0 radical (unpaired) electrons. The lowest BCUT2D eigenvalue weighted by atomic mass is 10.2. The van der Waals surface area contributed by atoms with Crippen molar-refractivity contribution in [2.45, 2.75) is 19.5 Å². The summed E-state index contributed by atoms with van der Waals surface area (Å²) in [6, 6.07) is 1.39. The molecule has 0 aromatic carbocycles. The minimum absolute atomic E-state index is 0.187. The Labute approximate surface area is 163 Å². The lowest BCUT2D eigenvalue weighted by Crippen LogP contribution is -2.41. The molecule has 1 atom stereocenters. The van der Waals surface area contributed by atoms with Crippen LogP contribution in [0.1, 0.15) is 29.3 Å². The van der Waals surface area contributed by atoms with Crippen LogP contribution in [-0.4, -0.2) is 56.7 Å². The predicted octanol–water partition coefficient (Wildman–Crippen LogP) is 1.65. The first-order chi connectivity index (χ1) is 13.6. The molecule has 10 nitrogen and oxygen atoms in total. The Morgan fingerprint density at radius 2 is 2.00 bits per heavy atom. The van der Waals surface area contributed by atoms with E-state index in [9.17, 15) is 4.79 Å². The summed E-state index contributed by atoms with van der Waals surface area (Å²) in [6.07, 6.45) is 8.00. The first-order valence-corrected chi connectivity index (χ1v) is 9.00. The molecule has 28 heavy (non-hydrogen) atoms. The second-order valence-electron chi connectivity index (χ2n) is 6.44. The number of nitrogens with zero attached hydrogens (tertiary/aromatic N) is 9. The van der Waals surface area contributed by atoms with Crippen LogP contribution in [0.25, 0.3) is 17.0 Å². The van der Waals surface area contributed by atoms with E-state index in [2.05, 4.69) is 30.2 Å².